The molecule has 1 heterocycles. The Bertz CT molecular complexity index is 302. The largest absolute Gasteiger partial charge is 0.317 e. The van der Waals surface area contributed by atoms with Gasteiger partial charge in [0.2, 0.25) is 0 Å². The molecule has 14 heavy (non-hydrogen) atoms. The van der Waals surface area contributed by atoms with Crippen LogP contribution in [0.15, 0.2) is 10.7 Å². The number of Topliss-reactive ketones (excluding diaryl/α,β-unsaturated/α-hetero) is 1. The van der Waals surface area contributed by atoms with E-state index < -0.39 is 0 Å². The van der Waals surface area contributed by atoms with Crippen molar-refractivity contribution < 1.29 is 4.79 Å². The summed E-state index contributed by atoms with van der Waals surface area (Å²) in [7, 11) is 1.77. The van der Waals surface area contributed by atoms with Crippen LogP contribution in [-0.4, -0.2) is 28.7 Å². The maximum absolute atomic E-state index is 11.7. The highest BCUT2D eigenvalue weighted by atomic mass is 79.9. The first-order valence-corrected chi connectivity index (χ1v) is 5.37. The quantitative estimate of drug-likeness (QED) is 0.642. The van der Waals surface area contributed by atoms with Gasteiger partial charge in [-0.25, -0.2) is 0 Å². The van der Waals surface area contributed by atoms with Gasteiger partial charge in [-0.15, -0.1) is 0 Å². The molecule has 0 radical (unpaired) electrons. The van der Waals surface area contributed by atoms with Crippen LogP contribution in [0.2, 0.25) is 0 Å². The van der Waals surface area contributed by atoms with Gasteiger partial charge < -0.3 is 5.32 Å². The van der Waals surface area contributed by atoms with Crippen molar-refractivity contribution in [2.24, 2.45) is 7.05 Å². The van der Waals surface area contributed by atoms with E-state index in [9.17, 15) is 4.79 Å². The zero-order valence-corrected chi connectivity index (χ0v) is 9.97. The molecule has 0 aliphatic carbocycles. The summed E-state index contributed by atoms with van der Waals surface area (Å²) in [5, 5.41) is 7.11. The second-order valence-corrected chi connectivity index (χ2v) is 3.85. The fourth-order valence-electron chi connectivity index (χ4n) is 1.22. The average molecular weight is 260 g/mol. The lowest BCUT2D eigenvalue weighted by Crippen LogP contribution is -2.19. The SMILES string of the molecule is CCNCCC(=O)c1c(Br)cnn1C. The van der Waals surface area contributed by atoms with Crippen molar-refractivity contribution in [3.63, 3.8) is 0 Å². The Morgan fingerprint density at radius 3 is 2.93 bits per heavy atom. The highest BCUT2D eigenvalue weighted by Crippen LogP contribution is 2.16. The molecule has 78 valence electrons. The van der Waals surface area contributed by atoms with Gasteiger partial charge in [0.25, 0.3) is 0 Å². The zero-order chi connectivity index (χ0) is 10.6. The molecule has 0 aliphatic heterocycles. The first kappa shape index (κ1) is 11.4. The summed E-state index contributed by atoms with van der Waals surface area (Å²) in [6.07, 6.45) is 2.15. The summed E-state index contributed by atoms with van der Waals surface area (Å²) < 4.78 is 2.36. The van der Waals surface area contributed by atoms with Crippen LogP contribution in [0.1, 0.15) is 23.8 Å². The van der Waals surface area contributed by atoms with Crippen LogP contribution in [-0.2, 0) is 7.05 Å². The van der Waals surface area contributed by atoms with Gasteiger partial charge in [-0.2, -0.15) is 5.10 Å². The third kappa shape index (κ3) is 2.65. The summed E-state index contributed by atoms with van der Waals surface area (Å²) in [4.78, 5) is 11.7. The van der Waals surface area contributed by atoms with Crippen molar-refractivity contribution in [1.29, 1.82) is 0 Å². The second kappa shape index (κ2) is 5.26. The van der Waals surface area contributed by atoms with Crippen LogP contribution in [0.5, 0.6) is 0 Å². The molecule has 0 aromatic carbocycles. The lowest BCUT2D eigenvalue weighted by molar-refractivity contribution is 0.0973. The van der Waals surface area contributed by atoms with Crippen molar-refractivity contribution in [3.05, 3.63) is 16.4 Å². The number of carbonyl (C=O) groups is 1. The van der Waals surface area contributed by atoms with E-state index in [1.54, 1.807) is 17.9 Å². The van der Waals surface area contributed by atoms with E-state index in [2.05, 4.69) is 26.3 Å². The van der Waals surface area contributed by atoms with Crippen molar-refractivity contribution >= 4 is 21.7 Å². The first-order valence-electron chi connectivity index (χ1n) is 4.58. The lowest BCUT2D eigenvalue weighted by Gasteiger charge is -2.02. The number of ketones is 1. The van der Waals surface area contributed by atoms with Crippen LogP contribution < -0.4 is 5.32 Å². The van der Waals surface area contributed by atoms with Gasteiger partial charge in [0, 0.05) is 20.0 Å². The van der Waals surface area contributed by atoms with Gasteiger partial charge in [-0.1, -0.05) is 6.92 Å². The van der Waals surface area contributed by atoms with Gasteiger partial charge in [0.1, 0.15) is 5.69 Å². The minimum absolute atomic E-state index is 0.109. The zero-order valence-electron chi connectivity index (χ0n) is 8.38. The predicted octanol–water partition coefficient (Wildman–Crippen LogP) is 1.36. The first-order chi connectivity index (χ1) is 6.66. The second-order valence-electron chi connectivity index (χ2n) is 2.99. The molecule has 0 bridgehead atoms. The molecule has 0 saturated heterocycles. The van der Waals surface area contributed by atoms with Gasteiger partial charge in [0.05, 0.1) is 10.7 Å². The summed E-state index contributed by atoms with van der Waals surface area (Å²) >= 11 is 3.30. The van der Waals surface area contributed by atoms with E-state index >= 15 is 0 Å². The number of aryl methyl sites for hydroxylation is 1. The molecule has 1 rings (SSSR count). The van der Waals surface area contributed by atoms with Crippen LogP contribution >= 0.6 is 15.9 Å². The summed E-state index contributed by atoms with van der Waals surface area (Å²) in [6, 6.07) is 0. The maximum Gasteiger partial charge on any atom is 0.183 e. The maximum atomic E-state index is 11.7. The van der Waals surface area contributed by atoms with E-state index in [-0.39, 0.29) is 5.78 Å². The van der Waals surface area contributed by atoms with Crippen molar-refractivity contribution in [2.75, 3.05) is 13.1 Å². The minimum atomic E-state index is 0.109. The van der Waals surface area contributed by atoms with Crippen LogP contribution in [0, 0.1) is 0 Å². The molecule has 0 saturated carbocycles. The molecular weight excluding hydrogens is 246 g/mol. The lowest BCUT2D eigenvalue weighted by atomic mass is 10.2. The summed E-state index contributed by atoms with van der Waals surface area (Å²) in [6.45, 7) is 3.62. The van der Waals surface area contributed by atoms with Crippen LogP contribution in [0.25, 0.3) is 0 Å². The Balaban J connectivity index is 2.60. The van der Waals surface area contributed by atoms with E-state index in [0.717, 1.165) is 11.0 Å². The summed E-state index contributed by atoms with van der Waals surface area (Å²) in [5.41, 5.74) is 0.642. The van der Waals surface area contributed by atoms with Crippen molar-refractivity contribution in [3.8, 4) is 0 Å². The van der Waals surface area contributed by atoms with Gasteiger partial charge in [-0.05, 0) is 22.5 Å². The number of nitrogens with zero attached hydrogens (tertiary/aromatic N) is 2. The van der Waals surface area contributed by atoms with Crippen molar-refractivity contribution in [2.45, 2.75) is 13.3 Å². The monoisotopic (exact) mass is 259 g/mol. The van der Waals surface area contributed by atoms with E-state index in [1.807, 2.05) is 6.92 Å². The third-order valence-corrected chi connectivity index (χ3v) is 2.52. The Labute approximate surface area is 91.8 Å². The predicted molar refractivity (Wildman–Crippen MR) is 58.4 cm³/mol. The molecule has 0 fully saturated rings. The van der Waals surface area contributed by atoms with E-state index in [0.29, 0.717) is 18.7 Å². The van der Waals surface area contributed by atoms with Crippen LogP contribution in [0.4, 0.5) is 0 Å². The molecular formula is C9H14BrN3O. The van der Waals surface area contributed by atoms with Crippen molar-refractivity contribution in [1.82, 2.24) is 15.1 Å². The minimum Gasteiger partial charge on any atom is -0.317 e. The number of rotatable bonds is 5. The molecule has 0 unspecified atom stereocenters. The standard InChI is InChI=1S/C9H14BrN3O/c1-3-11-5-4-8(14)9-7(10)6-12-13(9)2/h6,11H,3-5H2,1-2H3. The van der Waals surface area contributed by atoms with E-state index in [4.69, 9.17) is 0 Å². The number of halogens is 1. The average Bonchev–Trinajstić information content (AvgIpc) is 2.46. The molecule has 4 nitrogen and oxygen atoms in total. The Morgan fingerprint density at radius 1 is 1.71 bits per heavy atom. The topological polar surface area (TPSA) is 46.9 Å². The Kier molecular flexibility index (Phi) is 4.28. The number of carbonyl (C=O) groups excluding carboxylic acids is 1. The molecule has 0 aliphatic rings. The van der Waals surface area contributed by atoms with Crippen LogP contribution in [0.3, 0.4) is 0 Å². The highest BCUT2D eigenvalue weighted by Gasteiger charge is 2.14. The Hall–Kier alpha value is -0.680. The number of aromatic nitrogens is 2. The third-order valence-electron chi connectivity index (χ3n) is 1.94. The number of hydrogen-bond acceptors (Lipinski definition) is 3. The molecule has 1 aromatic heterocycles. The molecule has 0 spiro atoms. The number of hydrogen-bond donors (Lipinski definition) is 1. The van der Waals surface area contributed by atoms with Gasteiger partial charge in [0.15, 0.2) is 5.78 Å². The van der Waals surface area contributed by atoms with Gasteiger partial charge in [-0.3, -0.25) is 9.48 Å². The number of nitrogens with one attached hydrogen (secondary N) is 1. The van der Waals surface area contributed by atoms with E-state index in [1.165, 1.54) is 0 Å². The van der Waals surface area contributed by atoms with Gasteiger partial charge >= 0.3 is 0 Å². The molecule has 0 atom stereocenters. The Morgan fingerprint density at radius 2 is 2.43 bits per heavy atom. The fraction of sp³-hybridized carbons (Fsp3) is 0.556. The molecule has 1 aromatic rings. The molecule has 5 heteroatoms. The smallest absolute Gasteiger partial charge is 0.183 e. The fourth-order valence-corrected chi connectivity index (χ4v) is 1.79. The summed E-state index contributed by atoms with van der Waals surface area (Å²) in [5.74, 6) is 0.109. The normalized spacial score (nSPS) is 10.5. The highest BCUT2D eigenvalue weighted by molar-refractivity contribution is 9.10. The molecule has 1 N–H and O–H groups in total. The molecule has 0 amide bonds.